The van der Waals surface area contributed by atoms with Crippen LogP contribution in [0.3, 0.4) is 0 Å². The molecule has 4 nitrogen and oxygen atoms in total. The average Bonchev–Trinajstić information content (AvgIpc) is 3.01. The zero-order valence-electron chi connectivity index (χ0n) is 14.7. The highest BCUT2D eigenvalue weighted by molar-refractivity contribution is 5.92. The Balaban J connectivity index is 1.57. The molecule has 2 N–H and O–H groups in total. The van der Waals surface area contributed by atoms with E-state index >= 15 is 0 Å². The molecule has 0 unspecified atom stereocenters. The number of H-pyrrole nitrogens is 1. The number of anilines is 1. The molecule has 0 aliphatic carbocycles. The molecule has 0 atom stereocenters. The van der Waals surface area contributed by atoms with E-state index in [-0.39, 0.29) is 6.03 Å². The Morgan fingerprint density at radius 1 is 1.20 bits per heavy atom. The average molecular weight is 333 g/mol. The largest absolute Gasteiger partial charge is 0.357 e. The van der Waals surface area contributed by atoms with Gasteiger partial charge in [0, 0.05) is 28.8 Å². The van der Waals surface area contributed by atoms with Crippen molar-refractivity contribution in [1.29, 1.82) is 0 Å². The summed E-state index contributed by atoms with van der Waals surface area (Å²) in [5, 5.41) is 4.42. The lowest BCUT2D eigenvalue weighted by molar-refractivity contribution is 0.206. The number of carbonyl (C=O) groups excluding carboxylic acids is 1. The minimum Gasteiger partial charge on any atom is -0.357 e. The molecule has 4 rings (SSSR count). The van der Waals surface area contributed by atoms with Crippen LogP contribution in [0.15, 0.2) is 42.5 Å². The monoisotopic (exact) mass is 333 g/mol. The number of nitrogens with one attached hydrogen (secondary N) is 2. The highest BCUT2D eigenvalue weighted by Gasteiger charge is 2.24. The molecule has 0 fully saturated rings. The van der Waals surface area contributed by atoms with E-state index in [1.165, 1.54) is 16.5 Å². The normalized spacial score (nSPS) is 13.8. The number of fused-ring (bicyclic) bond motifs is 3. The fourth-order valence-electron chi connectivity index (χ4n) is 3.75. The molecule has 0 saturated carbocycles. The van der Waals surface area contributed by atoms with Crippen LogP contribution in [0.25, 0.3) is 10.9 Å². The number of benzene rings is 2. The second-order valence-electron chi connectivity index (χ2n) is 6.69. The zero-order chi connectivity index (χ0) is 17.4. The fraction of sp³-hybridized carbons (Fsp3) is 0.286. The molecule has 2 aromatic carbocycles. The number of urea groups is 1. The van der Waals surface area contributed by atoms with E-state index < -0.39 is 0 Å². The van der Waals surface area contributed by atoms with E-state index in [0.717, 1.165) is 41.8 Å². The SMILES string of the molecule is CCc1cccc(C)c1NC(=O)N1CCc2c([nH]c3ccccc23)C1. The maximum absolute atomic E-state index is 12.8. The van der Waals surface area contributed by atoms with Crippen LogP contribution in [0.5, 0.6) is 0 Å². The third kappa shape index (κ3) is 2.78. The fourth-order valence-corrected chi connectivity index (χ4v) is 3.75. The van der Waals surface area contributed by atoms with Gasteiger partial charge >= 0.3 is 6.03 Å². The number of carbonyl (C=O) groups is 1. The van der Waals surface area contributed by atoms with Crippen molar-refractivity contribution in [2.24, 2.45) is 0 Å². The summed E-state index contributed by atoms with van der Waals surface area (Å²) >= 11 is 0. The van der Waals surface area contributed by atoms with E-state index in [4.69, 9.17) is 0 Å². The molecule has 2 amide bonds. The van der Waals surface area contributed by atoms with Crippen LogP contribution >= 0.6 is 0 Å². The molecule has 25 heavy (non-hydrogen) atoms. The van der Waals surface area contributed by atoms with Gasteiger partial charge in [0.2, 0.25) is 0 Å². The zero-order valence-corrected chi connectivity index (χ0v) is 14.7. The van der Waals surface area contributed by atoms with Gasteiger partial charge in [-0.2, -0.15) is 0 Å². The van der Waals surface area contributed by atoms with E-state index in [1.807, 2.05) is 30.0 Å². The summed E-state index contributed by atoms with van der Waals surface area (Å²) in [7, 11) is 0. The lowest BCUT2D eigenvalue weighted by Gasteiger charge is -2.28. The first-order chi connectivity index (χ1) is 12.2. The Morgan fingerprint density at radius 3 is 2.88 bits per heavy atom. The number of aryl methyl sites for hydroxylation is 2. The Bertz CT molecular complexity index is 941. The van der Waals surface area contributed by atoms with E-state index in [0.29, 0.717) is 6.54 Å². The van der Waals surface area contributed by atoms with Gasteiger partial charge in [0.15, 0.2) is 0 Å². The molecular weight excluding hydrogens is 310 g/mol. The number of hydrogen-bond donors (Lipinski definition) is 2. The first kappa shape index (κ1) is 15.8. The molecule has 1 aliphatic rings. The highest BCUT2D eigenvalue weighted by atomic mass is 16.2. The molecule has 4 heteroatoms. The summed E-state index contributed by atoms with van der Waals surface area (Å²) in [6, 6.07) is 14.5. The maximum Gasteiger partial charge on any atom is 0.322 e. The van der Waals surface area contributed by atoms with Crippen molar-refractivity contribution >= 4 is 22.6 Å². The summed E-state index contributed by atoms with van der Waals surface area (Å²) in [6.45, 7) is 5.53. The molecule has 1 aliphatic heterocycles. The number of hydrogen-bond acceptors (Lipinski definition) is 1. The number of aromatic amines is 1. The topological polar surface area (TPSA) is 48.1 Å². The van der Waals surface area contributed by atoms with Crippen LogP contribution in [-0.4, -0.2) is 22.5 Å². The molecular formula is C21H23N3O. The van der Waals surface area contributed by atoms with Crippen molar-refractivity contribution in [3.8, 4) is 0 Å². The smallest absolute Gasteiger partial charge is 0.322 e. The van der Waals surface area contributed by atoms with Crippen LogP contribution in [0.2, 0.25) is 0 Å². The second kappa shape index (κ2) is 6.28. The van der Waals surface area contributed by atoms with Crippen LogP contribution in [-0.2, 0) is 19.4 Å². The Labute approximate surface area is 147 Å². The summed E-state index contributed by atoms with van der Waals surface area (Å²) in [5.74, 6) is 0. The second-order valence-corrected chi connectivity index (χ2v) is 6.69. The van der Waals surface area contributed by atoms with Gasteiger partial charge in [0.1, 0.15) is 0 Å². The first-order valence-electron chi connectivity index (χ1n) is 8.90. The van der Waals surface area contributed by atoms with Crippen molar-refractivity contribution in [2.75, 3.05) is 11.9 Å². The highest BCUT2D eigenvalue weighted by Crippen LogP contribution is 2.28. The Kier molecular flexibility index (Phi) is 3.96. The van der Waals surface area contributed by atoms with E-state index in [1.54, 1.807) is 0 Å². The third-order valence-electron chi connectivity index (χ3n) is 5.14. The minimum absolute atomic E-state index is 0.0201. The Morgan fingerprint density at radius 2 is 2.04 bits per heavy atom. The number of nitrogens with zero attached hydrogens (tertiary/aromatic N) is 1. The number of aromatic nitrogens is 1. The van der Waals surface area contributed by atoms with Crippen LogP contribution in [0.4, 0.5) is 10.5 Å². The van der Waals surface area contributed by atoms with Crippen molar-refractivity contribution in [2.45, 2.75) is 33.2 Å². The molecule has 1 aromatic heterocycles. The van der Waals surface area contributed by atoms with Gasteiger partial charge in [-0.3, -0.25) is 0 Å². The Hall–Kier alpha value is -2.75. The standard InChI is InChI=1S/C21H23N3O/c1-3-15-8-6-7-14(2)20(15)23-21(25)24-12-11-17-16-9-4-5-10-18(16)22-19(17)13-24/h4-10,22H,3,11-13H2,1-2H3,(H,23,25). The number of para-hydroxylation sites is 2. The molecule has 2 heterocycles. The van der Waals surface area contributed by atoms with Crippen molar-refractivity contribution in [3.63, 3.8) is 0 Å². The molecule has 0 spiro atoms. The molecule has 128 valence electrons. The molecule has 3 aromatic rings. The predicted octanol–water partition coefficient (Wildman–Crippen LogP) is 4.63. The summed E-state index contributed by atoms with van der Waals surface area (Å²) in [4.78, 5) is 18.2. The number of amides is 2. The van der Waals surface area contributed by atoms with Gasteiger partial charge in [-0.25, -0.2) is 4.79 Å². The quantitative estimate of drug-likeness (QED) is 0.706. The molecule has 0 bridgehead atoms. The summed E-state index contributed by atoms with van der Waals surface area (Å²) in [6.07, 6.45) is 1.80. The lowest BCUT2D eigenvalue weighted by atomic mass is 10.0. The van der Waals surface area contributed by atoms with Gasteiger partial charge in [-0.05, 0) is 42.5 Å². The predicted molar refractivity (Wildman–Crippen MR) is 102 cm³/mol. The third-order valence-corrected chi connectivity index (χ3v) is 5.14. The maximum atomic E-state index is 12.8. The van der Waals surface area contributed by atoms with E-state index in [2.05, 4.69) is 41.5 Å². The minimum atomic E-state index is -0.0201. The van der Waals surface area contributed by atoms with Gasteiger partial charge < -0.3 is 15.2 Å². The van der Waals surface area contributed by atoms with E-state index in [9.17, 15) is 4.79 Å². The van der Waals surface area contributed by atoms with Gasteiger partial charge in [-0.15, -0.1) is 0 Å². The number of rotatable bonds is 2. The van der Waals surface area contributed by atoms with Gasteiger partial charge in [0.25, 0.3) is 0 Å². The van der Waals surface area contributed by atoms with Crippen molar-refractivity contribution in [1.82, 2.24) is 9.88 Å². The lowest BCUT2D eigenvalue weighted by Crippen LogP contribution is -2.39. The summed E-state index contributed by atoms with van der Waals surface area (Å²) in [5.41, 5.74) is 6.90. The summed E-state index contributed by atoms with van der Waals surface area (Å²) < 4.78 is 0. The van der Waals surface area contributed by atoms with Crippen LogP contribution in [0.1, 0.15) is 29.3 Å². The van der Waals surface area contributed by atoms with Gasteiger partial charge in [0.05, 0.1) is 6.54 Å². The van der Waals surface area contributed by atoms with Crippen molar-refractivity contribution < 1.29 is 4.79 Å². The van der Waals surface area contributed by atoms with Gasteiger partial charge in [-0.1, -0.05) is 43.3 Å². The van der Waals surface area contributed by atoms with Crippen LogP contribution in [0, 0.1) is 6.92 Å². The molecule has 0 saturated heterocycles. The first-order valence-corrected chi connectivity index (χ1v) is 8.90. The van der Waals surface area contributed by atoms with Crippen molar-refractivity contribution in [3.05, 3.63) is 64.8 Å². The van der Waals surface area contributed by atoms with Crippen LogP contribution < -0.4 is 5.32 Å². The molecule has 0 radical (unpaired) electrons.